The van der Waals surface area contributed by atoms with Crippen molar-refractivity contribution in [1.82, 2.24) is 19.8 Å². The molecule has 0 unspecified atom stereocenters. The number of hydrogen-bond donors (Lipinski definition) is 2. The van der Waals surface area contributed by atoms with E-state index in [0.29, 0.717) is 27.3 Å². The van der Waals surface area contributed by atoms with Crippen LogP contribution in [0.1, 0.15) is 11.1 Å². The summed E-state index contributed by atoms with van der Waals surface area (Å²) in [4.78, 5) is 0. The van der Waals surface area contributed by atoms with Gasteiger partial charge in [0, 0.05) is 22.2 Å². The van der Waals surface area contributed by atoms with Crippen LogP contribution < -0.4 is 5.32 Å². The van der Waals surface area contributed by atoms with Crippen molar-refractivity contribution in [3.8, 4) is 11.4 Å². The standard InChI is InChI=1S/C20H17Cl2N5O/c21-16-9-15(10-17(22)11-16)20-25-24-19-6-5-18(26-27(19)20)23-8-7-13-1-3-14(12-28)4-2-13/h1-6,9-11,28H,7-8,12H2,(H,23,26). The number of anilines is 1. The van der Waals surface area contributed by atoms with Gasteiger partial charge in [0.1, 0.15) is 5.82 Å². The van der Waals surface area contributed by atoms with Gasteiger partial charge in [0.2, 0.25) is 0 Å². The fourth-order valence-corrected chi connectivity index (χ4v) is 3.42. The Kier molecular flexibility index (Phi) is 5.43. The van der Waals surface area contributed by atoms with Crippen LogP contribution in [0.15, 0.2) is 54.6 Å². The maximum Gasteiger partial charge on any atom is 0.185 e. The van der Waals surface area contributed by atoms with Crippen molar-refractivity contribution in [1.29, 1.82) is 0 Å². The number of nitrogens with zero attached hydrogens (tertiary/aromatic N) is 4. The van der Waals surface area contributed by atoms with Crippen LogP contribution in [0.4, 0.5) is 5.82 Å². The lowest BCUT2D eigenvalue weighted by Crippen LogP contribution is -2.08. The van der Waals surface area contributed by atoms with E-state index in [9.17, 15) is 0 Å². The van der Waals surface area contributed by atoms with Crippen LogP contribution in [0.2, 0.25) is 10.0 Å². The van der Waals surface area contributed by atoms with Crippen LogP contribution in [-0.2, 0) is 13.0 Å². The lowest BCUT2D eigenvalue weighted by Gasteiger charge is -2.07. The average molecular weight is 414 g/mol. The van der Waals surface area contributed by atoms with E-state index in [2.05, 4.69) is 20.6 Å². The van der Waals surface area contributed by atoms with Gasteiger partial charge < -0.3 is 10.4 Å². The third-order valence-corrected chi connectivity index (χ3v) is 4.75. The number of halogens is 2. The molecular weight excluding hydrogens is 397 g/mol. The molecule has 2 aromatic heterocycles. The fourth-order valence-electron chi connectivity index (χ4n) is 2.89. The smallest absolute Gasteiger partial charge is 0.185 e. The third-order valence-electron chi connectivity index (χ3n) is 4.31. The van der Waals surface area contributed by atoms with Crippen molar-refractivity contribution in [2.24, 2.45) is 0 Å². The van der Waals surface area contributed by atoms with Crippen molar-refractivity contribution in [3.63, 3.8) is 0 Å². The summed E-state index contributed by atoms with van der Waals surface area (Å²) in [6.07, 6.45) is 0.838. The van der Waals surface area contributed by atoms with Gasteiger partial charge in [-0.1, -0.05) is 47.5 Å². The van der Waals surface area contributed by atoms with Crippen molar-refractivity contribution in [2.45, 2.75) is 13.0 Å². The molecule has 0 aliphatic heterocycles. The first-order chi connectivity index (χ1) is 13.6. The Bertz CT molecular complexity index is 1090. The number of aromatic nitrogens is 4. The Morgan fingerprint density at radius 1 is 0.893 bits per heavy atom. The molecule has 0 amide bonds. The summed E-state index contributed by atoms with van der Waals surface area (Å²) in [5.41, 5.74) is 3.48. The first-order valence-electron chi connectivity index (χ1n) is 8.74. The second kappa shape index (κ2) is 8.14. The zero-order chi connectivity index (χ0) is 19.5. The summed E-state index contributed by atoms with van der Waals surface area (Å²) in [6, 6.07) is 16.8. The van der Waals surface area contributed by atoms with Crippen molar-refractivity contribution >= 4 is 34.7 Å². The monoisotopic (exact) mass is 413 g/mol. The molecule has 0 bridgehead atoms. The first kappa shape index (κ1) is 18.7. The molecule has 0 radical (unpaired) electrons. The molecule has 0 aliphatic rings. The van der Waals surface area contributed by atoms with Crippen LogP contribution in [-0.4, -0.2) is 31.5 Å². The number of nitrogens with one attached hydrogen (secondary N) is 1. The van der Waals surface area contributed by atoms with Gasteiger partial charge in [0.25, 0.3) is 0 Å². The van der Waals surface area contributed by atoms with Gasteiger partial charge in [-0.25, -0.2) is 0 Å². The molecule has 0 saturated carbocycles. The van der Waals surface area contributed by atoms with Crippen LogP contribution in [0.3, 0.4) is 0 Å². The van der Waals surface area contributed by atoms with E-state index in [1.165, 1.54) is 5.56 Å². The molecule has 4 rings (SSSR count). The fraction of sp³-hybridized carbons (Fsp3) is 0.150. The normalized spacial score (nSPS) is 11.1. The summed E-state index contributed by atoms with van der Waals surface area (Å²) in [5.74, 6) is 1.29. The van der Waals surface area contributed by atoms with Gasteiger partial charge in [-0.15, -0.1) is 15.3 Å². The molecule has 0 aliphatic carbocycles. The molecule has 0 fully saturated rings. The second-order valence-electron chi connectivity index (χ2n) is 6.32. The van der Waals surface area contributed by atoms with E-state index in [0.717, 1.165) is 24.1 Å². The van der Waals surface area contributed by atoms with E-state index in [1.54, 1.807) is 22.7 Å². The summed E-state index contributed by atoms with van der Waals surface area (Å²) < 4.78 is 1.67. The number of aliphatic hydroxyl groups is 1. The van der Waals surface area contributed by atoms with Gasteiger partial charge >= 0.3 is 0 Å². The lowest BCUT2D eigenvalue weighted by molar-refractivity contribution is 0.282. The van der Waals surface area contributed by atoms with E-state index >= 15 is 0 Å². The molecule has 2 aromatic carbocycles. The highest BCUT2D eigenvalue weighted by Crippen LogP contribution is 2.26. The Morgan fingerprint density at radius 3 is 2.32 bits per heavy atom. The van der Waals surface area contributed by atoms with Crippen molar-refractivity contribution in [3.05, 3.63) is 75.8 Å². The molecule has 0 saturated heterocycles. The number of benzene rings is 2. The van der Waals surface area contributed by atoms with Gasteiger partial charge in [0.15, 0.2) is 11.5 Å². The Hall–Kier alpha value is -2.67. The van der Waals surface area contributed by atoms with E-state index in [-0.39, 0.29) is 6.61 Å². The number of aliphatic hydroxyl groups excluding tert-OH is 1. The molecule has 142 valence electrons. The van der Waals surface area contributed by atoms with E-state index in [4.69, 9.17) is 28.3 Å². The molecular formula is C20H17Cl2N5O. The average Bonchev–Trinajstić information content (AvgIpc) is 3.11. The maximum absolute atomic E-state index is 9.11. The summed E-state index contributed by atoms with van der Waals surface area (Å²) >= 11 is 12.2. The quantitative estimate of drug-likeness (QED) is 0.494. The Morgan fingerprint density at radius 2 is 1.61 bits per heavy atom. The molecule has 28 heavy (non-hydrogen) atoms. The summed E-state index contributed by atoms with van der Waals surface area (Å²) in [5, 5.41) is 26.4. The minimum atomic E-state index is 0.0571. The topological polar surface area (TPSA) is 75.3 Å². The zero-order valence-corrected chi connectivity index (χ0v) is 16.3. The maximum atomic E-state index is 9.11. The minimum absolute atomic E-state index is 0.0571. The largest absolute Gasteiger partial charge is 0.392 e. The highest BCUT2D eigenvalue weighted by molar-refractivity contribution is 6.35. The SMILES string of the molecule is OCc1ccc(CCNc2ccc3nnc(-c4cc(Cl)cc(Cl)c4)n3n2)cc1. The molecule has 6 nitrogen and oxygen atoms in total. The van der Waals surface area contributed by atoms with Gasteiger partial charge in [-0.3, -0.25) is 0 Å². The van der Waals surface area contributed by atoms with Gasteiger partial charge in [-0.05, 0) is 47.9 Å². The highest BCUT2D eigenvalue weighted by Gasteiger charge is 2.11. The van der Waals surface area contributed by atoms with Crippen LogP contribution >= 0.6 is 23.2 Å². The molecule has 0 atom stereocenters. The van der Waals surface area contributed by atoms with E-state index < -0.39 is 0 Å². The predicted octanol–water partition coefficient (Wildman–Crippen LogP) is 4.25. The van der Waals surface area contributed by atoms with Crippen LogP contribution in [0.5, 0.6) is 0 Å². The zero-order valence-electron chi connectivity index (χ0n) is 14.8. The van der Waals surface area contributed by atoms with E-state index in [1.807, 2.05) is 36.4 Å². The van der Waals surface area contributed by atoms with Crippen LogP contribution in [0, 0.1) is 0 Å². The lowest BCUT2D eigenvalue weighted by atomic mass is 10.1. The summed E-state index contributed by atoms with van der Waals surface area (Å²) in [6.45, 7) is 0.777. The van der Waals surface area contributed by atoms with Crippen molar-refractivity contribution < 1.29 is 5.11 Å². The minimum Gasteiger partial charge on any atom is -0.392 e. The Labute approximate surface area is 171 Å². The number of fused-ring (bicyclic) bond motifs is 1. The Balaban J connectivity index is 1.52. The van der Waals surface area contributed by atoms with Crippen LogP contribution in [0.25, 0.3) is 17.0 Å². The van der Waals surface area contributed by atoms with Gasteiger partial charge in [0.05, 0.1) is 6.61 Å². The molecule has 8 heteroatoms. The third kappa shape index (κ3) is 4.09. The number of rotatable bonds is 6. The molecule has 0 spiro atoms. The predicted molar refractivity (Wildman–Crippen MR) is 111 cm³/mol. The second-order valence-corrected chi connectivity index (χ2v) is 7.19. The number of hydrogen-bond acceptors (Lipinski definition) is 5. The highest BCUT2D eigenvalue weighted by atomic mass is 35.5. The van der Waals surface area contributed by atoms with Gasteiger partial charge in [-0.2, -0.15) is 4.52 Å². The van der Waals surface area contributed by atoms with Crippen molar-refractivity contribution in [2.75, 3.05) is 11.9 Å². The summed E-state index contributed by atoms with van der Waals surface area (Å²) in [7, 11) is 0. The molecule has 2 heterocycles. The molecule has 4 aromatic rings. The molecule has 2 N–H and O–H groups in total. The first-order valence-corrected chi connectivity index (χ1v) is 9.49.